The minimum atomic E-state index is -3.46. The van der Waals surface area contributed by atoms with Crippen LogP contribution in [0.4, 0.5) is 0 Å². The number of nitrogens with zero attached hydrogens (tertiary/aromatic N) is 1. The van der Waals surface area contributed by atoms with Crippen LogP contribution < -0.4 is 4.72 Å². The molecule has 1 N–H and O–H groups in total. The molecule has 0 fully saturated rings. The van der Waals surface area contributed by atoms with E-state index < -0.39 is 15.6 Å². The van der Waals surface area contributed by atoms with Crippen molar-refractivity contribution in [1.29, 1.82) is 5.26 Å². The van der Waals surface area contributed by atoms with Crippen molar-refractivity contribution in [3.8, 4) is 6.07 Å². The van der Waals surface area contributed by atoms with E-state index in [-0.39, 0.29) is 18.5 Å². The first-order chi connectivity index (χ1) is 7.24. The highest BCUT2D eigenvalue weighted by atomic mass is 32.2. The van der Waals surface area contributed by atoms with Gasteiger partial charge in [0.2, 0.25) is 10.0 Å². The molecule has 16 heavy (non-hydrogen) atoms. The normalized spacial score (nSPS) is 15.8. The third-order valence-corrected chi connectivity index (χ3v) is 3.60. The van der Waals surface area contributed by atoms with Gasteiger partial charge in [-0.15, -0.1) is 0 Å². The molecule has 5 nitrogen and oxygen atoms in total. The predicted molar refractivity (Wildman–Crippen MR) is 62.3 cm³/mol. The first-order valence-electron chi connectivity index (χ1n) is 5.29. The molecule has 0 saturated heterocycles. The molecule has 0 amide bonds. The molecule has 0 rings (SSSR count). The van der Waals surface area contributed by atoms with Gasteiger partial charge >= 0.3 is 0 Å². The summed E-state index contributed by atoms with van der Waals surface area (Å²) >= 11 is 0. The van der Waals surface area contributed by atoms with Crippen molar-refractivity contribution in [1.82, 2.24) is 4.72 Å². The van der Waals surface area contributed by atoms with Gasteiger partial charge in [-0.05, 0) is 27.2 Å². The Bertz CT molecular complexity index is 346. The number of rotatable bonds is 7. The smallest absolute Gasteiger partial charge is 0.215 e. The second kappa shape index (κ2) is 6.18. The molecule has 0 aromatic carbocycles. The Morgan fingerprint density at radius 3 is 2.44 bits per heavy atom. The van der Waals surface area contributed by atoms with Crippen LogP contribution >= 0.6 is 0 Å². The quantitative estimate of drug-likeness (QED) is 0.729. The Labute approximate surface area is 97.8 Å². The van der Waals surface area contributed by atoms with Crippen LogP contribution in [0.15, 0.2) is 0 Å². The highest BCUT2D eigenvalue weighted by Gasteiger charge is 2.27. The molecule has 94 valence electrons. The average Bonchev–Trinajstić information content (AvgIpc) is 2.16. The lowest BCUT2D eigenvalue weighted by molar-refractivity contribution is 0.0911. The maximum atomic E-state index is 11.6. The second-order valence-electron chi connectivity index (χ2n) is 4.14. The average molecular weight is 248 g/mol. The predicted octanol–water partition coefficient (Wildman–Crippen LogP) is 1.02. The van der Waals surface area contributed by atoms with E-state index in [0.29, 0.717) is 6.42 Å². The van der Waals surface area contributed by atoms with E-state index >= 15 is 0 Å². The van der Waals surface area contributed by atoms with Crippen molar-refractivity contribution in [2.75, 3.05) is 12.4 Å². The molecule has 0 bridgehead atoms. The number of nitriles is 1. The molecule has 0 spiro atoms. The summed E-state index contributed by atoms with van der Waals surface area (Å²) < 4.78 is 30.7. The van der Waals surface area contributed by atoms with Gasteiger partial charge in [0.25, 0.3) is 0 Å². The summed E-state index contributed by atoms with van der Waals surface area (Å²) in [4.78, 5) is 0. The SMILES string of the molecule is CCC(C)(C#N)NS(=O)(=O)CCOC(C)C. The van der Waals surface area contributed by atoms with E-state index in [1.807, 2.05) is 19.9 Å². The zero-order chi connectivity index (χ0) is 12.8. The van der Waals surface area contributed by atoms with Gasteiger partial charge < -0.3 is 4.74 Å². The van der Waals surface area contributed by atoms with Crippen molar-refractivity contribution in [3.63, 3.8) is 0 Å². The maximum Gasteiger partial charge on any atom is 0.215 e. The van der Waals surface area contributed by atoms with Crippen LogP contribution in [0.5, 0.6) is 0 Å². The Kier molecular flexibility index (Phi) is 5.94. The standard InChI is InChI=1S/C10H20N2O3S/c1-5-10(4,8-11)12-16(13,14)7-6-15-9(2)3/h9,12H,5-7H2,1-4H3. The van der Waals surface area contributed by atoms with Crippen molar-refractivity contribution in [2.24, 2.45) is 0 Å². The Morgan fingerprint density at radius 2 is 2.06 bits per heavy atom. The number of sulfonamides is 1. The fraction of sp³-hybridized carbons (Fsp3) is 0.900. The fourth-order valence-electron chi connectivity index (χ4n) is 0.962. The topological polar surface area (TPSA) is 79.2 Å². The van der Waals surface area contributed by atoms with E-state index in [0.717, 1.165) is 0 Å². The van der Waals surface area contributed by atoms with Crippen LogP contribution in [0.2, 0.25) is 0 Å². The molecule has 0 heterocycles. The maximum absolute atomic E-state index is 11.6. The molecular formula is C10H20N2O3S. The van der Waals surface area contributed by atoms with E-state index in [9.17, 15) is 8.42 Å². The molecular weight excluding hydrogens is 228 g/mol. The van der Waals surface area contributed by atoms with Gasteiger partial charge in [0, 0.05) is 0 Å². The Balaban J connectivity index is 4.31. The third-order valence-electron chi connectivity index (χ3n) is 2.14. The molecule has 0 aliphatic rings. The highest BCUT2D eigenvalue weighted by molar-refractivity contribution is 7.89. The van der Waals surface area contributed by atoms with Crippen LogP contribution in [0.1, 0.15) is 34.1 Å². The lowest BCUT2D eigenvalue weighted by Gasteiger charge is -2.21. The van der Waals surface area contributed by atoms with Crippen molar-refractivity contribution < 1.29 is 13.2 Å². The molecule has 0 aromatic heterocycles. The zero-order valence-electron chi connectivity index (χ0n) is 10.3. The third kappa shape index (κ3) is 6.05. The summed E-state index contributed by atoms with van der Waals surface area (Å²) in [5.41, 5.74) is -1.03. The van der Waals surface area contributed by atoms with E-state index in [2.05, 4.69) is 4.72 Å². The number of nitrogens with one attached hydrogen (secondary N) is 1. The van der Waals surface area contributed by atoms with Gasteiger partial charge in [-0.3, -0.25) is 0 Å². The molecule has 1 unspecified atom stereocenters. The molecule has 6 heteroatoms. The van der Waals surface area contributed by atoms with Crippen LogP contribution in [-0.2, 0) is 14.8 Å². The highest BCUT2D eigenvalue weighted by Crippen LogP contribution is 2.09. The van der Waals surface area contributed by atoms with E-state index in [4.69, 9.17) is 10.00 Å². The summed E-state index contributed by atoms with van der Waals surface area (Å²) in [7, 11) is -3.46. The van der Waals surface area contributed by atoms with Crippen molar-refractivity contribution in [2.45, 2.75) is 45.8 Å². The molecule has 0 radical (unpaired) electrons. The van der Waals surface area contributed by atoms with Crippen molar-refractivity contribution >= 4 is 10.0 Å². The molecule has 0 saturated carbocycles. The number of hydrogen-bond acceptors (Lipinski definition) is 4. The van der Waals surface area contributed by atoms with Gasteiger partial charge in [0.15, 0.2) is 0 Å². The Morgan fingerprint density at radius 1 is 1.50 bits per heavy atom. The molecule has 0 aliphatic carbocycles. The lowest BCUT2D eigenvalue weighted by atomic mass is 10.0. The van der Waals surface area contributed by atoms with E-state index in [1.165, 1.54) is 0 Å². The molecule has 0 aromatic rings. The number of hydrogen-bond donors (Lipinski definition) is 1. The van der Waals surface area contributed by atoms with Gasteiger partial charge in [0.05, 0.1) is 24.5 Å². The monoisotopic (exact) mass is 248 g/mol. The molecule has 0 aliphatic heterocycles. The summed E-state index contributed by atoms with van der Waals surface area (Å²) in [6.07, 6.45) is 0.428. The van der Waals surface area contributed by atoms with Crippen molar-refractivity contribution in [3.05, 3.63) is 0 Å². The van der Waals surface area contributed by atoms with Gasteiger partial charge in [-0.2, -0.15) is 9.98 Å². The second-order valence-corrected chi connectivity index (χ2v) is 5.98. The Hall–Kier alpha value is -0.640. The lowest BCUT2D eigenvalue weighted by Crippen LogP contribution is -2.45. The van der Waals surface area contributed by atoms with Gasteiger partial charge in [-0.25, -0.2) is 8.42 Å². The number of ether oxygens (including phenoxy) is 1. The van der Waals surface area contributed by atoms with Crippen LogP contribution in [0, 0.1) is 11.3 Å². The molecule has 1 atom stereocenters. The summed E-state index contributed by atoms with van der Waals surface area (Å²) in [6, 6.07) is 1.95. The minimum absolute atomic E-state index is 0.00345. The van der Waals surface area contributed by atoms with E-state index in [1.54, 1.807) is 13.8 Å². The van der Waals surface area contributed by atoms with Crippen LogP contribution in [0.25, 0.3) is 0 Å². The van der Waals surface area contributed by atoms with Gasteiger partial charge in [0.1, 0.15) is 5.54 Å². The van der Waals surface area contributed by atoms with Gasteiger partial charge in [-0.1, -0.05) is 6.92 Å². The summed E-state index contributed by atoms with van der Waals surface area (Å²) in [6.45, 7) is 7.14. The zero-order valence-corrected chi connectivity index (χ0v) is 11.1. The van der Waals surface area contributed by atoms with Crippen LogP contribution in [0.3, 0.4) is 0 Å². The first-order valence-corrected chi connectivity index (χ1v) is 6.94. The van der Waals surface area contributed by atoms with Crippen LogP contribution in [-0.4, -0.2) is 32.4 Å². The first kappa shape index (κ1) is 15.4. The summed E-state index contributed by atoms with van der Waals surface area (Å²) in [5.74, 6) is -0.123. The largest absolute Gasteiger partial charge is 0.378 e. The summed E-state index contributed by atoms with van der Waals surface area (Å²) in [5, 5.41) is 8.85. The minimum Gasteiger partial charge on any atom is -0.378 e. The fourth-order valence-corrected chi connectivity index (χ4v) is 2.26.